The number of aryl methyl sites for hydroxylation is 2. The highest BCUT2D eigenvalue weighted by molar-refractivity contribution is 8.18. The van der Waals surface area contributed by atoms with Gasteiger partial charge in [0.15, 0.2) is 16.7 Å². The maximum absolute atomic E-state index is 12.4. The summed E-state index contributed by atoms with van der Waals surface area (Å²) in [4.78, 5) is 17.5. The van der Waals surface area contributed by atoms with Crippen LogP contribution < -0.4 is 19.5 Å². The van der Waals surface area contributed by atoms with Crippen LogP contribution in [-0.4, -0.2) is 24.5 Å². The molecule has 2 aromatic carbocycles. The van der Waals surface area contributed by atoms with Crippen molar-refractivity contribution >= 4 is 34.6 Å². The number of hydrogen-bond acceptors (Lipinski definition) is 6. The summed E-state index contributed by atoms with van der Waals surface area (Å²) in [5.74, 6) is 1.74. The predicted octanol–water partition coefficient (Wildman–Crippen LogP) is 4.32. The van der Waals surface area contributed by atoms with E-state index in [1.54, 1.807) is 12.1 Å². The number of rotatable bonds is 4. The van der Waals surface area contributed by atoms with Crippen LogP contribution in [0, 0.1) is 13.8 Å². The minimum Gasteiger partial charge on any atom is -0.493 e. The van der Waals surface area contributed by atoms with Gasteiger partial charge in [-0.05, 0) is 67.9 Å². The summed E-state index contributed by atoms with van der Waals surface area (Å²) >= 11 is 1.30. The number of benzene rings is 2. The van der Waals surface area contributed by atoms with Crippen LogP contribution in [0.3, 0.4) is 0 Å². The minimum absolute atomic E-state index is 0.183. The molecular weight excluding hydrogens is 376 g/mol. The van der Waals surface area contributed by atoms with Crippen molar-refractivity contribution < 1.29 is 19.0 Å². The molecule has 6 nitrogen and oxygen atoms in total. The zero-order chi connectivity index (χ0) is 19.7. The molecule has 2 aromatic rings. The zero-order valence-electron chi connectivity index (χ0n) is 15.9. The van der Waals surface area contributed by atoms with Gasteiger partial charge in [-0.2, -0.15) is 0 Å². The van der Waals surface area contributed by atoms with Crippen molar-refractivity contribution in [3.63, 3.8) is 0 Å². The molecule has 2 aliphatic rings. The van der Waals surface area contributed by atoms with Gasteiger partial charge in [-0.1, -0.05) is 6.07 Å². The second kappa shape index (κ2) is 7.59. The van der Waals surface area contributed by atoms with Crippen molar-refractivity contribution in [2.24, 2.45) is 4.99 Å². The number of carbonyl (C=O) groups excluding carboxylic acids is 1. The highest BCUT2D eigenvalue weighted by atomic mass is 32.2. The van der Waals surface area contributed by atoms with E-state index >= 15 is 0 Å². The highest BCUT2D eigenvalue weighted by Gasteiger charge is 2.25. The van der Waals surface area contributed by atoms with Crippen LogP contribution in [0.5, 0.6) is 17.2 Å². The van der Waals surface area contributed by atoms with Crippen molar-refractivity contribution in [3.8, 4) is 17.2 Å². The summed E-state index contributed by atoms with van der Waals surface area (Å²) in [5, 5.41) is 3.37. The first kappa shape index (κ1) is 18.4. The third-order valence-corrected chi connectivity index (χ3v) is 5.37. The van der Waals surface area contributed by atoms with Gasteiger partial charge in [0.1, 0.15) is 5.75 Å². The number of aliphatic imine (C=N–C) groups is 1. The van der Waals surface area contributed by atoms with Gasteiger partial charge >= 0.3 is 0 Å². The number of carbonyl (C=O) groups is 1. The Bertz CT molecular complexity index is 1010. The molecule has 0 atom stereocenters. The van der Waals surface area contributed by atoms with Gasteiger partial charge in [-0.25, -0.2) is 4.99 Å². The number of thioether (sulfide) groups is 1. The fourth-order valence-electron chi connectivity index (χ4n) is 2.87. The Kier molecular flexibility index (Phi) is 5.00. The van der Waals surface area contributed by atoms with Crippen LogP contribution >= 0.6 is 11.8 Å². The first-order chi connectivity index (χ1) is 13.5. The van der Waals surface area contributed by atoms with E-state index in [1.165, 1.54) is 17.3 Å². The average molecular weight is 396 g/mol. The lowest BCUT2D eigenvalue weighted by atomic mass is 10.1. The number of ether oxygens (including phenoxy) is 3. The maximum Gasteiger partial charge on any atom is 0.264 e. The fourth-order valence-corrected chi connectivity index (χ4v) is 3.70. The van der Waals surface area contributed by atoms with Gasteiger partial charge < -0.3 is 19.5 Å². The second-order valence-electron chi connectivity index (χ2n) is 6.43. The van der Waals surface area contributed by atoms with E-state index in [0.29, 0.717) is 33.9 Å². The number of fused-ring (bicyclic) bond motifs is 1. The third kappa shape index (κ3) is 3.71. The number of hydrogen-bond donors (Lipinski definition) is 1. The van der Waals surface area contributed by atoms with E-state index in [9.17, 15) is 4.79 Å². The summed E-state index contributed by atoms with van der Waals surface area (Å²) < 4.78 is 16.6. The number of amides is 1. The van der Waals surface area contributed by atoms with Crippen LogP contribution in [0.1, 0.15) is 23.6 Å². The molecule has 0 spiro atoms. The van der Waals surface area contributed by atoms with E-state index in [4.69, 9.17) is 14.2 Å². The molecule has 0 unspecified atom stereocenters. The van der Waals surface area contributed by atoms with E-state index < -0.39 is 0 Å². The molecule has 1 saturated heterocycles. The van der Waals surface area contributed by atoms with Crippen molar-refractivity contribution in [3.05, 3.63) is 51.9 Å². The van der Waals surface area contributed by atoms with Gasteiger partial charge in [-0.3, -0.25) is 4.79 Å². The minimum atomic E-state index is -0.187. The Morgan fingerprint density at radius 1 is 1.18 bits per heavy atom. The molecular formula is C21H20N2O4S. The number of amidine groups is 1. The van der Waals surface area contributed by atoms with E-state index in [2.05, 4.69) is 17.2 Å². The number of nitrogens with zero attached hydrogens (tertiary/aromatic N) is 1. The molecule has 0 aliphatic carbocycles. The monoisotopic (exact) mass is 396 g/mol. The van der Waals surface area contributed by atoms with Crippen LogP contribution in [0.15, 0.2) is 40.2 Å². The predicted molar refractivity (Wildman–Crippen MR) is 110 cm³/mol. The molecule has 0 aromatic heterocycles. The Balaban J connectivity index is 1.63. The van der Waals surface area contributed by atoms with Crippen LogP contribution in [0.4, 0.5) is 5.69 Å². The Morgan fingerprint density at radius 3 is 2.71 bits per heavy atom. The van der Waals surface area contributed by atoms with E-state index in [1.807, 2.05) is 38.1 Å². The summed E-state index contributed by atoms with van der Waals surface area (Å²) in [6, 6.07) is 9.58. The summed E-state index contributed by atoms with van der Waals surface area (Å²) in [5.41, 5.74) is 3.94. The quantitative estimate of drug-likeness (QED) is 0.780. The Labute approximate surface area is 167 Å². The van der Waals surface area contributed by atoms with E-state index in [0.717, 1.165) is 16.8 Å². The molecule has 7 heteroatoms. The highest BCUT2D eigenvalue weighted by Crippen LogP contribution is 2.40. The Morgan fingerprint density at radius 2 is 1.96 bits per heavy atom. The lowest BCUT2D eigenvalue weighted by Crippen LogP contribution is -2.19. The smallest absolute Gasteiger partial charge is 0.264 e. The molecule has 2 aliphatic heterocycles. The van der Waals surface area contributed by atoms with Crippen LogP contribution in [-0.2, 0) is 4.79 Å². The summed E-state index contributed by atoms with van der Waals surface area (Å²) in [7, 11) is 0. The van der Waals surface area contributed by atoms with E-state index in [-0.39, 0.29) is 12.7 Å². The standard InChI is InChI=1S/C21H20N2O4S/c1-4-25-16-10-18-17(26-11-27-18)8-14(16)9-19-20(24)23-21(28-19)22-15-6-5-12(2)13(3)7-15/h5-10H,4,11H2,1-3H3,(H,22,23,24)/b19-9-. The molecule has 144 valence electrons. The molecule has 1 fully saturated rings. The van der Waals surface area contributed by atoms with Gasteiger partial charge in [0, 0.05) is 11.6 Å². The largest absolute Gasteiger partial charge is 0.493 e. The molecule has 1 amide bonds. The summed E-state index contributed by atoms with van der Waals surface area (Å²) in [6.45, 7) is 6.70. The molecule has 0 bridgehead atoms. The molecule has 2 heterocycles. The number of nitrogens with one attached hydrogen (secondary N) is 1. The van der Waals surface area contributed by atoms with Crippen molar-refractivity contribution in [2.75, 3.05) is 13.4 Å². The van der Waals surface area contributed by atoms with Gasteiger partial charge in [0.05, 0.1) is 17.2 Å². The van der Waals surface area contributed by atoms with Crippen molar-refractivity contribution in [2.45, 2.75) is 20.8 Å². The Hall–Kier alpha value is -2.93. The van der Waals surface area contributed by atoms with Gasteiger partial charge in [0.25, 0.3) is 5.91 Å². The SMILES string of the molecule is CCOc1cc2c(cc1/C=C1\SC(=Nc3ccc(C)c(C)c3)NC1=O)OCO2. The van der Waals surface area contributed by atoms with Gasteiger partial charge in [0.2, 0.25) is 6.79 Å². The maximum atomic E-state index is 12.4. The molecule has 4 rings (SSSR count). The molecule has 0 saturated carbocycles. The molecule has 1 N–H and O–H groups in total. The van der Waals surface area contributed by atoms with Crippen molar-refractivity contribution in [1.82, 2.24) is 5.32 Å². The lowest BCUT2D eigenvalue weighted by molar-refractivity contribution is -0.115. The topological polar surface area (TPSA) is 69.2 Å². The van der Waals surface area contributed by atoms with Crippen LogP contribution in [0.25, 0.3) is 6.08 Å². The average Bonchev–Trinajstić information content (AvgIpc) is 3.25. The van der Waals surface area contributed by atoms with Crippen molar-refractivity contribution in [1.29, 1.82) is 0 Å². The van der Waals surface area contributed by atoms with Crippen LogP contribution in [0.2, 0.25) is 0 Å². The zero-order valence-corrected chi connectivity index (χ0v) is 16.7. The lowest BCUT2D eigenvalue weighted by Gasteiger charge is -2.09. The second-order valence-corrected chi connectivity index (χ2v) is 7.46. The first-order valence-corrected chi connectivity index (χ1v) is 9.78. The molecule has 0 radical (unpaired) electrons. The normalized spacial score (nSPS) is 18.0. The van der Waals surface area contributed by atoms with Gasteiger partial charge in [-0.15, -0.1) is 0 Å². The molecule has 28 heavy (non-hydrogen) atoms. The summed E-state index contributed by atoms with van der Waals surface area (Å²) in [6.07, 6.45) is 1.79. The fraction of sp³-hybridized carbons (Fsp3) is 0.238. The third-order valence-electron chi connectivity index (χ3n) is 4.46. The first-order valence-electron chi connectivity index (χ1n) is 8.97.